The van der Waals surface area contributed by atoms with Crippen molar-refractivity contribution in [3.05, 3.63) is 52.4 Å². The van der Waals surface area contributed by atoms with Crippen LogP contribution in [0.5, 0.6) is 28.7 Å². The van der Waals surface area contributed by atoms with Gasteiger partial charge in [0, 0.05) is 17.0 Å². The fraction of sp³-hybridized carbons (Fsp3) is 0.211. The van der Waals surface area contributed by atoms with Crippen LogP contribution in [0, 0.1) is 0 Å². The first kappa shape index (κ1) is 17.0. The molecular weight excluding hydrogens is 356 g/mol. The third kappa shape index (κ3) is 2.80. The molecule has 140 valence electrons. The number of benzene rings is 2. The fourth-order valence-corrected chi connectivity index (χ4v) is 3.07. The number of phenolic OH excluding ortho intramolecular Hbond substituents is 2. The Morgan fingerprint density at radius 1 is 1.11 bits per heavy atom. The Morgan fingerprint density at radius 3 is 2.63 bits per heavy atom. The van der Waals surface area contributed by atoms with Crippen LogP contribution in [0.4, 0.5) is 0 Å². The number of aromatic hydroxyl groups is 2. The molecule has 3 N–H and O–H groups in total. The van der Waals surface area contributed by atoms with Crippen molar-refractivity contribution >= 4 is 11.0 Å². The Bertz CT molecular complexity index is 1070. The molecule has 2 atom stereocenters. The van der Waals surface area contributed by atoms with E-state index in [4.69, 9.17) is 18.6 Å². The molecule has 1 aliphatic rings. The monoisotopic (exact) mass is 372 g/mol. The molecule has 8 heteroatoms. The molecule has 0 radical (unpaired) electrons. The van der Waals surface area contributed by atoms with Gasteiger partial charge in [0.05, 0.1) is 13.7 Å². The van der Waals surface area contributed by atoms with Gasteiger partial charge < -0.3 is 33.9 Å². The van der Waals surface area contributed by atoms with Crippen LogP contribution < -0.4 is 19.8 Å². The predicted molar refractivity (Wildman–Crippen MR) is 93.7 cm³/mol. The van der Waals surface area contributed by atoms with E-state index >= 15 is 0 Å². The minimum Gasteiger partial charge on any atom is -0.504 e. The van der Waals surface area contributed by atoms with Gasteiger partial charge in [-0.15, -0.1) is 0 Å². The molecule has 8 nitrogen and oxygen atoms in total. The van der Waals surface area contributed by atoms with Gasteiger partial charge in [-0.05, 0) is 30.3 Å². The number of hydrogen-bond acceptors (Lipinski definition) is 8. The van der Waals surface area contributed by atoms with Crippen LogP contribution >= 0.6 is 0 Å². The van der Waals surface area contributed by atoms with Gasteiger partial charge in [-0.1, -0.05) is 0 Å². The zero-order valence-corrected chi connectivity index (χ0v) is 14.2. The van der Waals surface area contributed by atoms with Crippen molar-refractivity contribution < 1.29 is 33.9 Å². The Labute approximate surface area is 152 Å². The van der Waals surface area contributed by atoms with Gasteiger partial charge in [0.15, 0.2) is 35.0 Å². The third-order valence-corrected chi connectivity index (χ3v) is 4.37. The van der Waals surface area contributed by atoms with Crippen LogP contribution in [-0.4, -0.2) is 35.1 Å². The molecular formula is C19H16O8. The average molecular weight is 372 g/mol. The normalized spacial score (nSPS) is 18.4. The zero-order chi connectivity index (χ0) is 19.1. The second-order valence-electron chi connectivity index (χ2n) is 6.03. The third-order valence-electron chi connectivity index (χ3n) is 4.37. The highest BCUT2D eigenvalue weighted by Gasteiger charge is 2.35. The Morgan fingerprint density at radius 2 is 1.89 bits per heavy atom. The predicted octanol–water partition coefficient (Wildman–Crippen LogP) is 2.09. The van der Waals surface area contributed by atoms with Crippen LogP contribution in [0.3, 0.4) is 0 Å². The van der Waals surface area contributed by atoms with E-state index < -0.39 is 30.2 Å². The average Bonchev–Trinajstić information content (AvgIpc) is 2.68. The summed E-state index contributed by atoms with van der Waals surface area (Å²) >= 11 is 0. The number of rotatable bonds is 3. The number of aliphatic hydroxyl groups is 1. The molecule has 0 saturated carbocycles. The maximum atomic E-state index is 11.6. The van der Waals surface area contributed by atoms with Crippen molar-refractivity contribution in [2.75, 3.05) is 13.7 Å². The van der Waals surface area contributed by atoms with Crippen molar-refractivity contribution in [2.24, 2.45) is 0 Å². The lowest BCUT2D eigenvalue weighted by molar-refractivity contribution is -0.0119. The zero-order valence-electron chi connectivity index (χ0n) is 14.2. The van der Waals surface area contributed by atoms with Crippen LogP contribution in [0.25, 0.3) is 11.0 Å². The summed E-state index contributed by atoms with van der Waals surface area (Å²) in [6, 6.07) is 9.07. The van der Waals surface area contributed by atoms with Gasteiger partial charge >= 0.3 is 5.63 Å². The molecule has 2 aromatic carbocycles. The Kier molecular flexibility index (Phi) is 4.04. The van der Waals surface area contributed by atoms with Crippen LogP contribution in [0.2, 0.25) is 0 Å². The maximum Gasteiger partial charge on any atom is 0.336 e. The van der Waals surface area contributed by atoms with E-state index in [9.17, 15) is 20.1 Å². The van der Waals surface area contributed by atoms with E-state index in [0.29, 0.717) is 16.7 Å². The molecule has 3 aromatic rings. The van der Waals surface area contributed by atoms with Crippen molar-refractivity contribution in [3.63, 3.8) is 0 Å². The summed E-state index contributed by atoms with van der Waals surface area (Å²) in [5, 5.41) is 30.2. The number of aliphatic hydroxyl groups excluding tert-OH is 1. The van der Waals surface area contributed by atoms with Gasteiger partial charge in [-0.2, -0.15) is 0 Å². The molecule has 0 saturated heterocycles. The Balaban J connectivity index is 1.82. The number of ether oxygens (including phenoxy) is 3. The summed E-state index contributed by atoms with van der Waals surface area (Å²) in [7, 11) is 1.35. The quantitative estimate of drug-likeness (QED) is 0.472. The van der Waals surface area contributed by atoms with Crippen LogP contribution in [0.1, 0.15) is 11.7 Å². The first-order chi connectivity index (χ1) is 13.0. The number of phenols is 2. The van der Waals surface area contributed by atoms with Gasteiger partial charge in [0.2, 0.25) is 11.5 Å². The number of methoxy groups -OCH3 is 1. The summed E-state index contributed by atoms with van der Waals surface area (Å²) in [5.41, 5.74) is 0.125. The molecule has 0 spiro atoms. The molecule has 0 unspecified atom stereocenters. The first-order valence-electron chi connectivity index (χ1n) is 8.12. The van der Waals surface area contributed by atoms with E-state index in [1.165, 1.54) is 25.3 Å². The van der Waals surface area contributed by atoms with Gasteiger partial charge in [0.25, 0.3) is 0 Å². The number of hydrogen-bond donors (Lipinski definition) is 3. The minimum atomic E-state index is -0.845. The second-order valence-corrected chi connectivity index (χ2v) is 6.03. The fourth-order valence-electron chi connectivity index (χ4n) is 3.07. The highest BCUT2D eigenvalue weighted by Crippen LogP contribution is 2.46. The summed E-state index contributed by atoms with van der Waals surface area (Å²) < 4.78 is 22.1. The molecule has 1 aliphatic heterocycles. The van der Waals surface area contributed by atoms with E-state index in [-0.39, 0.29) is 22.8 Å². The maximum absolute atomic E-state index is 11.6. The molecule has 0 fully saturated rings. The topological polar surface area (TPSA) is 119 Å². The van der Waals surface area contributed by atoms with Crippen molar-refractivity contribution in [1.29, 1.82) is 0 Å². The lowest BCUT2D eigenvalue weighted by Crippen LogP contribution is -2.36. The van der Waals surface area contributed by atoms with Crippen LogP contribution in [0.15, 0.2) is 45.6 Å². The molecule has 2 heterocycles. The molecule has 0 aliphatic carbocycles. The summed E-state index contributed by atoms with van der Waals surface area (Å²) in [5.74, 6) is -0.194. The number of fused-ring (bicyclic) bond motifs is 3. The summed E-state index contributed by atoms with van der Waals surface area (Å²) in [6.45, 7) is -0.401. The van der Waals surface area contributed by atoms with Gasteiger partial charge in [-0.25, -0.2) is 4.79 Å². The van der Waals surface area contributed by atoms with Crippen molar-refractivity contribution in [3.8, 4) is 28.7 Å². The van der Waals surface area contributed by atoms with Gasteiger partial charge in [-0.3, -0.25) is 0 Å². The van der Waals surface area contributed by atoms with Crippen molar-refractivity contribution in [2.45, 2.75) is 12.2 Å². The largest absolute Gasteiger partial charge is 0.504 e. The van der Waals surface area contributed by atoms with Gasteiger partial charge in [0.1, 0.15) is 0 Å². The SMILES string of the molecule is COc1cc([C@H]2Oc3ccc4ccc(=O)oc4c3O[C@@H]2CO)cc(O)c1O. The molecule has 0 amide bonds. The van der Waals surface area contributed by atoms with E-state index in [1.54, 1.807) is 18.2 Å². The molecule has 0 bridgehead atoms. The lowest BCUT2D eigenvalue weighted by Gasteiger charge is -2.33. The molecule has 27 heavy (non-hydrogen) atoms. The first-order valence-corrected chi connectivity index (χ1v) is 8.12. The lowest BCUT2D eigenvalue weighted by atomic mass is 10.0. The Hall–Kier alpha value is -3.39. The smallest absolute Gasteiger partial charge is 0.336 e. The van der Waals surface area contributed by atoms with E-state index in [0.717, 1.165) is 0 Å². The minimum absolute atomic E-state index is 0.0561. The highest BCUT2D eigenvalue weighted by atomic mass is 16.6. The van der Waals surface area contributed by atoms with Crippen LogP contribution in [-0.2, 0) is 0 Å². The summed E-state index contributed by atoms with van der Waals surface area (Å²) in [6.07, 6.45) is -1.64. The standard InChI is InChI=1S/C19H16O8/c1-24-13-7-10(6-11(21)16(13)23)17-14(8-20)26-19-12(25-17)4-2-9-3-5-15(22)27-18(9)19/h2-7,14,17,20-21,23H,8H2,1H3/t14-,17-/m1/s1. The van der Waals surface area contributed by atoms with Crippen molar-refractivity contribution in [1.82, 2.24) is 0 Å². The molecule has 1 aromatic heterocycles. The van der Waals surface area contributed by atoms with E-state index in [2.05, 4.69) is 0 Å². The molecule has 4 rings (SSSR count). The second kappa shape index (κ2) is 6.40. The highest BCUT2D eigenvalue weighted by molar-refractivity contribution is 5.85. The summed E-state index contributed by atoms with van der Waals surface area (Å²) in [4.78, 5) is 11.6. The van der Waals surface area contributed by atoms with E-state index in [1.807, 2.05) is 0 Å².